The minimum atomic E-state index is -0.487. The summed E-state index contributed by atoms with van der Waals surface area (Å²) in [6.45, 7) is 6.40. The van der Waals surface area contributed by atoms with Gasteiger partial charge in [0.1, 0.15) is 6.33 Å². The van der Waals surface area contributed by atoms with Crippen molar-refractivity contribution in [3.05, 3.63) is 90.2 Å². The highest BCUT2D eigenvalue weighted by Crippen LogP contribution is 2.24. The topological polar surface area (TPSA) is 113 Å². The number of pyridine rings is 1. The molecular formula is C25H25ClFN9O. The van der Waals surface area contributed by atoms with Crippen LogP contribution in [0, 0.1) is 5.82 Å². The maximum Gasteiger partial charge on any atom is 0.245 e. The maximum absolute atomic E-state index is 14.2. The molecule has 4 rings (SSSR count). The number of hydrogen-bond acceptors (Lipinski definition) is 10. The summed E-state index contributed by atoms with van der Waals surface area (Å²) in [6, 6.07) is 5.45. The van der Waals surface area contributed by atoms with E-state index in [0.717, 1.165) is 17.5 Å². The number of rotatable bonds is 10. The van der Waals surface area contributed by atoms with E-state index >= 15 is 0 Å². The molecular weight excluding hydrogens is 497 g/mol. The van der Waals surface area contributed by atoms with Crippen molar-refractivity contribution in [1.82, 2.24) is 24.9 Å². The zero-order chi connectivity index (χ0) is 25.9. The third kappa shape index (κ3) is 7.38. The minimum absolute atomic E-state index is 0.188. The molecule has 0 radical (unpaired) electrons. The van der Waals surface area contributed by atoms with Crippen LogP contribution in [0.25, 0.3) is 5.57 Å². The fourth-order valence-electron chi connectivity index (χ4n) is 3.37. The summed E-state index contributed by atoms with van der Waals surface area (Å²) < 4.78 is 19.5. The molecule has 0 aliphatic carbocycles. The third-order valence-electron chi connectivity index (χ3n) is 5.17. The number of morpholine rings is 1. The van der Waals surface area contributed by atoms with Crippen LogP contribution < -0.4 is 15.6 Å². The first-order chi connectivity index (χ1) is 18.1. The van der Waals surface area contributed by atoms with E-state index in [1.165, 1.54) is 12.5 Å². The second-order valence-electron chi connectivity index (χ2n) is 7.65. The molecule has 1 fully saturated rings. The van der Waals surface area contributed by atoms with Gasteiger partial charge in [0.25, 0.3) is 0 Å². The van der Waals surface area contributed by atoms with Gasteiger partial charge in [0.05, 0.1) is 48.9 Å². The fourth-order valence-corrected chi connectivity index (χ4v) is 3.61. The Labute approximate surface area is 218 Å². The summed E-state index contributed by atoms with van der Waals surface area (Å²) in [7, 11) is 0. The highest BCUT2D eigenvalue weighted by molar-refractivity contribution is 6.36. The summed E-state index contributed by atoms with van der Waals surface area (Å²) in [5.74, 6) is -0.0740. The van der Waals surface area contributed by atoms with Crippen molar-refractivity contribution in [2.45, 2.75) is 0 Å². The van der Waals surface area contributed by atoms with Crippen LogP contribution >= 0.6 is 11.6 Å². The number of anilines is 3. The number of allylic oxidation sites excluding steroid dienone is 4. The lowest BCUT2D eigenvalue weighted by Crippen LogP contribution is -2.37. The fraction of sp³-hybridized carbons (Fsp3) is 0.200. The summed E-state index contributed by atoms with van der Waals surface area (Å²) in [5.41, 5.74) is 5.59. The van der Waals surface area contributed by atoms with E-state index in [9.17, 15) is 4.39 Å². The van der Waals surface area contributed by atoms with Crippen LogP contribution in [0.4, 0.5) is 21.8 Å². The van der Waals surface area contributed by atoms with E-state index in [-0.39, 0.29) is 11.8 Å². The Morgan fingerprint density at radius 1 is 1.19 bits per heavy atom. The van der Waals surface area contributed by atoms with Crippen molar-refractivity contribution in [1.29, 1.82) is 0 Å². The van der Waals surface area contributed by atoms with Gasteiger partial charge in [-0.05, 0) is 24.3 Å². The zero-order valence-electron chi connectivity index (χ0n) is 19.9. The molecule has 2 N–H and O–H groups in total. The van der Waals surface area contributed by atoms with Crippen LogP contribution in [0.3, 0.4) is 0 Å². The van der Waals surface area contributed by atoms with Crippen molar-refractivity contribution >= 4 is 40.8 Å². The van der Waals surface area contributed by atoms with Gasteiger partial charge in [-0.15, -0.1) is 0 Å². The van der Waals surface area contributed by atoms with Crippen LogP contribution in [0.1, 0.15) is 11.4 Å². The Kier molecular flexibility index (Phi) is 9.22. The van der Waals surface area contributed by atoms with Gasteiger partial charge in [0, 0.05) is 36.4 Å². The van der Waals surface area contributed by atoms with E-state index in [2.05, 4.69) is 47.3 Å². The molecule has 1 aliphatic heterocycles. The highest BCUT2D eigenvalue weighted by atomic mass is 35.5. The number of aromatic nitrogens is 5. The van der Waals surface area contributed by atoms with Gasteiger partial charge in [-0.1, -0.05) is 30.3 Å². The van der Waals surface area contributed by atoms with E-state index in [1.54, 1.807) is 36.7 Å². The van der Waals surface area contributed by atoms with E-state index < -0.39 is 5.82 Å². The molecule has 0 amide bonds. The molecule has 3 aromatic heterocycles. The number of halogens is 2. The second kappa shape index (κ2) is 13.2. The van der Waals surface area contributed by atoms with Crippen molar-refractivity contribution in [3.8, 4) is 0 Å². The molecule has 0 bridgehead atoms. The Morgan fingerprint density at radius 3 is 2.78 bits per heavy atom. The average Bonchev–Trinajstić information content (AvgIpc) is 2.94. The first kappa shape index (κ1) is 25.9. The van der Waals surface area contributed by atoms with Crippen LogP contribution in [0.2, 0.25) is 0 Å². The largest absolute Gasteiger partial charge is 0.380 e. The SMILES string of the molecule is C=C/C=C(\C(Cl)=C/CNc1ccc(/C=N/Nc2ncc(F)c(N3CCOCC3)n2)nc1)c1ccncn1. The zero-order valence-corrected chi connectivity index (χ0v) is 20.6. The van der Waals surface area contributed by atoms with Gasteiger partial charge >= 0.3 is 0 Å². The summed E-state index contributed by atoms with van der Waals surface area (Å²) in [6.07, 6.45) is 12.7. The molecule has 1 saturated heterocycles. The van der Waals surface area contributed by atoms with Crippen molar-refractivity contribution in [2.24, 2.45) is 5.10 Å². The lowest BCUT2D eigenvalue weighted by atomic mass is 10.1. The lowest BCUT2D eigenvalue weighted by molar-refractivity contribution is 0.122. The molecule has 3 aromatic rings. The lowest BCUT2D eigenvalue weighted by Gasteiger charge is -2.27. The smallest absolute Gasteiger partial charge is 0.245 e. The summed E-state index contributed by atoms with van der Waals surface area (Å²) in [4.78, 5) is 22.5. The number of hydrazone groups is 1. The van der Waals surface area contributed by atoms with Crippen molar-refractivity contribution in [2.75, 3.05) is 48.5 Å². The van der Waals surface area contributed by atoms with Crippen molar-refractivity contribution < 1.29 is 9.13 Å². The Balaban J connectivity index is 1.31. The minimum Gasteiger partial charge on any atom is -0.380 e. The van der Waals surface area contributed by atoms with Gasteiger partial charge in [-0.2, -0.15) is 10.1 Å². The normalized spacial score (nSPS) is 14.6. The van der Waals surface area contributed by atoms with Crippen LogP contribution in [-0.4, -0.2) is 64.0 Å². The van der Waals surface area contributed by atoms with E-state index in [1.807, 2.05) is 17.0 Å². The molecule has 1 aliphatic rings. The molecule has 10 nitrogen and oxygen atoms in total. The highest BCUT2D eigenvalue weighted by Gasteiger charge is 2.17. The number of nitrogens with one attached hydrogen (secondary N) is 2. The van der Waals surface area contributed by atoms with Crippen LogP contribution in [-0.2, 0) is 4.74 Å². The summed E-state index contributed by atoms with van der Waals surface area (Å²) in [5, 5.41) is 7.88. The Morgan fingerprint density at radius 2 is 2.05 bits per heavy atom. The first-order valence-electron chi connectivity index (χ1n) is 11.4. The molecule has 0 aromatic carbocycles. The standard InChI is InChI=1S/C25H25ClFN9O/c1-2-3-20(23-7-8-28-17-32-23)21(26)6-9-29-18-4-5-19(30-14-18)15-33-35-25-31-16-22(27)24(34-25)36-10-12-37-13-11-36/h2-8,14-17,29H,1,9-13H2,(H,31,34,35)/b20-3+,21-6+,33-15+. The first-order valence-corrected chi connectivity index (χ1v) is 11.8. The van der Waals surface area contributed by atoms with Gasteiger partial charge < -0.3 is 15.0 Å². The predicted octanol–water partition coefficient (Wildman–Crippen LogP) is 3.89. The predicted molar refractivity (Wildman–Crippen MR) is 143 cm³/mol. The van der Waals surface area contributed by atoms with Gasteiger partial charge in [0.15, 0.2) is 11.6 Å². The molecule has 0 saturated carbocycles. The number of nitrogens with zero attached hydrogens (tertiary/aromatic N) is 7. The molecule has 4 heterocycles. The van der Waals surface area contributed by atoms with Crippen LogP contribution in [0.5, 0.6) is 0 Å². The molecule has 12 heteroatoms. The molecule has 190 valence electrons. The van der Waals surface area contributed by atoms with Gasteiger partial charge in [-0.25, -0.2) is 24.8 Å². The monoisotopic (exact) mass is 521 g/mol. The average molecular weight is 522 g/mol. The quantitative estimate of drug-likeness (QED) is 0.233. The molecule has 37 heavy (non-hydrogen) atoms. The molecule has 0 spiro atoms. The summed E-state index contributed by atoms with van der Waals surface area (Å²) >= 11 is 6.49. The molecule has 0 atom stereocenters. The van der Waals surface area contributed by atoms with E-state index in [0.29, 0.717) is 49.3 Å². The third-order valence-corrected chi connectivity index (χ3v) is 5.53. The van der Waals surface area contributed by atoms with Crippen LogP contribution in [0.15, 0.2) is 78.1 Å². The second-order valence-corrected chi connectivity index (χ2v) is 8.06. The van der Waals surface area contributed by atoms with Gasteiger partial charge in [-0.3, -0.25) is 4.98 Å². The molecule has 0 unspecified atom stereocenters. The van der Waals surface area contributed by atoms with E-state index in [4.69, 9.17) is 16.3 Å². The Hall–Kier alpha value is -4.22. The number of ether oxygens (including phenoxy) is 1. The van der Waals surface area contributed by atoms with Gasteiger partial charge in [0.2, 0.25) is 5.95 Å². The maximum atomic E-state index is 14.2. The van der Waals surface area contributed by atoms with Crippen molar-refractivity contribution in [3.63, 3.8) is 0 Å². The Bertz CT molecular complexity index is 1280. The number of hydrogen-bond donors (Lipinski definition) is 2.